The number of fused-ring (bicyclic) bond motifs is 1. The van der Waals surface area contributed by atoms with Crippen molar-refractivity contribution >= 4 is 16.7 Å². The molecule has 2 aromatic carbocycles. The molecule has 0 N–H and O–H groups in total. The quantitative estimate of drug-likeness (QED) is 0.358. The van der Waals surface area contributed by atoms with E-state index in [1.54, 1.807) is 7.11 Å². The number of hydrogen-bond acceptors (Lipinski definition) is 5. The Balaban J connectivity index is 1.28. The van der Waals surface area contributed by atoms with Gasteiger partial charge in [0.05, 0.1) is 13.7 Å². The molecule has 5 heteroatoms. The summed E-state index contributed by atoms with van der Waals surface area (Å²) in [6, 6.07) is 17.4. The number of pyridine rings is 1. The van der Waals surface area contributed by atoms with E-state index in [0.717, 1.165) is 73.2 Å². The number of hydrogen-bond donors (Lipinski definition) is 0. The molecule has 0 spiro atoms. The van der Waals surface area contributed by atoms with Gasteiger partial charge in [0.2, 0.25) is 0 Å². The molecule has 0 radical (unpaired) electrons. The van der Waals surface area contributed by atoms with Gasteiger partial charge in [0.1, 0.15) is 11.6 Å². The lowest BCUT2D eigenvalue weighted by molar-refractivity contribution is -0.129. The number of ketones is 1. The van der Waals surface area contributed by atoms with Crippen LogP contribution in [0.5, 0.6) is 5.75 Å². The second-order valence-corrected chi connectivity index (χ2v) is 10.3. The average molecular weight is 487 g/mol. The zero-order chi connectivity index (χ0) is 24.9. The van der Waals surface area contributed by atoms with Crippen molar-refractivity contribution in [1.29, 1.82) is 0 Å². The molecule has 2 aliphatic rings. The number of ether oxygens (including phenoxy) is 2. The molecule has 2 saturated heterocycles. The number of methoxy groups -OCH3 is 1. The Labute approximate surface area is 214 Å². The van der Waals surface area contributed by atoms with Crippen molar-refractivity contribution in [2.75, 3.05) is 33.4 Å². The van der Waals surface area contributed by atoms with E-state index in [4.69, 9.17) is 9.47 Å². The summed E-state index contributed by atoms with van der Waals surface area (Å²) >= 11 is 0. The molecular formula is C31H38N2O3. The Morgan fingerprint density at radius 3 is 2.61 bits per heavy atom. The number of rotatable bonds is 9. The fourth-order valence-electron chi connectivity index (χ4n) is 6.11. The van der Waals surface area contributed by atoms with Crippen LogP contribution in [0.3, 0.4) is 0 Å². The van der Waals surface area contributed by atoms with Gasteiger partial charge in [-0.25, -0.2) is 0 Å². The van der Waals surface area contributed by atoms with Crippen molar-refractivity contribution in [3.8, 4) is 16.9 Å². The molecule has 36 heavy (non-hydrogen) atoms. The molecule has 1 unspecified atom stereocenters. The van der Waals surface area contributed by atoms with E-state index in [0.29, 0.717) is 18.4 Å². The van der Waals surface area contributed by atoms with Gasteiger partial charge in [0.15, 0.2) is 11.5 Å². The summed E-state index contributed by atoms with van der Waals surface area (Å²) in [7, 11) is 1.72. The number of benzene rings is 2. The maximum absolute atomic E-state index is 12.5. The predicted molar refractivity (Wildman–Crippen MR) is 145 cm³/mol. The first-order valence-electron chi connectivity index (χ1n) is 13.6. The van der Waals surface area contributed by atoms with Crippen LogP contribution in [0, 0.1) is 5.92 Å². The summed E-state index contributed by atoms with van der Waals surface area (Å²) in [4.78, 5) is 19.4. The molecule has 3 aromatic rings. The Morgan fingerprint density at radius 1 is 1.11 bits per heavy atom. The number of likely N-dealkylation sites (tertiary alicyclic amines) is 1. The van der Waals surface area contributed by atoms with Gasteiger partial charge in [0, 0.05) is 23.8 Å². The van der Waals surface area contributed by atoms with Crippen molar-refractivity contribution in [3.05, 3.63) is 60.3 Å². The second kappa shape index (κ2) is 11.5. The fraction of sp³-hybridized carbons (Fsp3) is 0.484. The summed E-state index contributed by atoms with van der Waals surface area (Å²) in [5.74, 6) is 2.31. The van der Waals surface area contributed by atoms with Crippen molar-refractivity contribution in [1.82, 2.24) is 9.88 Å². The summed E-state index contributed by atoms with van der Waals surface area (Å²) in [6.07, 6.45) is 8.23. The topological polar surface area (TPSA) is 51.7 Å². The highest BCUT2D eigenvalue weighted by Gasteiger charge is 2.30. The van der Waals surface area contributed by atoms with Crippen molar-refractivity contribution < 1.29 is 14.3 Å². The lowest BCUT2D eigenvalue weighted by atomic mass is 9.77. The van der Waals surface area contributed by atoms with Crippen LogP contribution in [-0.4, -0.2) is 55.1 Å². The number of piperidine rings is 1. The van der Waals surface area contributed by atoms with E-state index in [9.17, 15) is 4.79 Å². The van der Waals surface area contributed by atoms with Crippen LogP contribution in [-0.2, 0) is 9.53 Å². The molecule has 0 aliphatic carbocycles. The van der Waals surface area contributed by atoms with Gasteiger partial charge < -0.3 is 9.47 Å². The lowest BCUT2D eigenvalue weighted by Crippen LogP contribution is -2.41. The molecule has 5 rings (SSSR count). The Morgan fingerprint density at radius 2 is 1.92 bits per heavy atom. The molecule has 2 aliphatic heterocycles. The molecule has 1 aromatic heterocycles. The second-order valence-electron chi connectivity index (χ2n) is 10.3. The maximum atomic E-state index is 12.5. The van der Waals surface area contributed by atoms with Crippen LogP contribution < -0.4 is 4.74 Å². The molecule has 2 fully saturated rings. The van der Waals surface area contributed by atoms with Gasteiger partial charge in [-0.05, 0) is 80.3 Å². The molecule has 0 bridgehead atoms. The minimum absolute atomic E-state index is 0.161. The molecule has 0 saturated carbocycles. The molecule has 190 valence electrons. The van der Waals surface area contributed by atoms with Crippen LogP contribution in [0.2, 0.25) is 0 Å². The Hall–Kier alpha value is -2.76. The molecular weight excluding hydrogens is 448 g/mol. The van der Waals surface area contributed by atoms with Crippen LogP contribution in [0.15, 0.2) is 54.7 Å². The number of nitrogens with zero attached hydrogens (tertiary/aromatic N) is 2. The first-order valence-corrected chi connectivity index (χ1v) is 13.6. The van der Waals surface area contributed by atoms with Gasteiger partial charge in [0.25, 0.3) is 0 Å². The van der Waals surface area contributed by atoms with E-state index >= 15 is 0 Å². The highest BCUT2D eigenvalue weighted by Crippen LogP contribution is 2.39. The summed E-state index contributed by atoms with van der Waals surface area (Å²) < 4.78 is 11.4. The zero-order valence-corrected chi connectivity index (χ0v) is 21.6. The zero-order valence-electron chi connectivity index (χ0n) is 21.6. The third-order valence-electron chi connectivity index (χ3n) is 8.05. The van der Waals surface area contributed by atoms with Crippen LogP contribution in [0.25, 0.3) is 22.0 Å². The van der Waals surface area contributed by atoms with E-state index < -0.39 is 0 Å². The number of Topliss-reactive ketones (excluding diaryl/α,β-unsaturated/α-hetero) is 1. The van der Waals surface area contributed by atoms with Gasteiger partial charge in [-0.1, -0.05) is 49.7 Å². The maximum Gasteiger partial charge on any atom is 0.175 e. The third kappa shape index (κ3) is 5.33. The van der Waals surface area contributed by atoms with E-state index in [2.05, 4.69) is 59.3 Å². The van der Waals surface area contributed by atoms with Crippen molar-refractivity contribution in [3.63, 3.8) is 0 Å². The van der Waals surface area contributed by atoms with Crippen LogP contribution in [0.4, 0.5) is 0 Å². The number of carbonyl (C=O) groups excluding carboxylic acids is 1. The van der Waals surface area contributed by atoms with Crippen LogP contribution >= 0.6 is 0 Å². The van der Waals surface area contributed by atoms with Gasteiger partial charge in [-0.2, -0.15) is 0 Å². The number of aromatic nitrogens is 1. The lowest BCUT2D eigenvalue weighted by Gasteiger charge is -2.36. The smallest absolute Gasteiger partial charge is 0.175 e. The number of carbonyl (C=O) groups is 1. The average Bonchev–Trinajstić information content (AvgIpc) is 3.47. The first-order chi connectivity index (χ1) is 17.7. The summed E-state index contributed by atoms with van der Waals surface area (Å²) in [5.41, 5.74) is 4.55. The first kappa shape index (κ1) is 24.9. The summed E-state index contributed by atoms with van der Waals surface area (Å²) in [6.45, 7) is 5.57. The standard InChI is InChI=1S/C31H38N2O3/c1-3-6-26(24-15-18-33(19-16-24)21-28(34)29-8-5-20-36-29)22-9-11-23(12-10-22)27-14-13-25-7-4-17-32-30(25)31(27)35-2/h4,7,9-14,17,24,26,29H,3,5-6,8,15-16,18-21H2,1-2H3/t26?,29-/m1/s1. The molecule has 5 nitrogen and oxygen atoms in total. The normalized spacial score (nSPS) is 20.0. The van der Waals surface area contributed by atoms with E-state index in [1.807, 2.05) is 12.3 Å². The van der Waals surface area contributed by atoms with Gasteiger partial charge in [-0.15, -0.1) is 0 Å². The SMILES string of the molecule is CCCC(c1ccc(-c2ccc3cccnc3c2OC)cc1)C1CCN(CC(=O)[C@H]2CCCO2)CC1. The molecule has 2 atom stereocenters. The van der Waals surface area contributed by atoms with Crippen molar-refractivity contribution in [2.45, 2.75) is 57.5 Å². The molecule has 0 amide bonds. The molecule has 3 heterocycles. The van der Waals surface area contributed by atoms with Gasteiger partial charge in [-0.3, -0.25) is 14.7 Å². The largest absolute Gasteiger partial charge is 0.494 e. The fourth-order valence-corrected chi connectivity index (χ4v) is 6.11. The summed E-state index contributed by atoms with van der Waals surface area (Å²) in [5, 5.41) is 1.08. The van der Waals surface area contributed by atoms with E-state index in [1.165, 1.54) is 18.4 Å². The van der Waals surface area contributed by atoms with Crippen molar-refractivity contribution in [2.24, 2.45) is 5.92 Å². The highest BCUT2D eigenvalue weighted by molar-refractivity contribution is 5.92. The monoisotopic (exact) mass is 486 g/mol. The highest BCUT2D eigenvalue weighted by atomic mass is 16.5. The minimum atomic E-state index is -0.161. The van der Waals surface area contributed by atoms with E-state index in [-0.39, 0.29) is 11.9 Å². The minimum Gasteiger partial charge on any atom is -0.494 e. The van der Waals surface area contributed by atoms with Gasteiger partial charge >= 0.3 is 0 Å². The predicted octanol–water partition coefficient (Wildman–Crippen LogP) is 6.25. The Bertz CT molecular complexity index is 1160. The Kier molecular flexibility index (Phi) is 7.98. The van der Waals surface area contributed by atoms with Crippen LogP contribution in [0.1, 0.15) is 56.9 Å². The third-order valence-corrected chi connectivity index (χ3v) is 8.05.